The molecule has 0 fully saturated rings. The Morgan fingerprint density at radius 3 is 2.61 bits per heavy atom. The predicted octanol–water partition coefficient (Wildman–Crippen LogP) is 1.58. The first-order valence-corrected chi connectivity index (χ1v) is 8.66. The third-order valence-corrected chi connectivity index (χ3v) is 4.79. The maximum absolute atomic E-state index is 12.4. The summed E-state index contributed by atoms with van der Waals surface area (Å²) in [6.45, 7) is 2.88. The summed E-state index contributed by atoms with van der Waals surface area (Å²) < 4.78 is 39.3. The van der Waals surface area contributed by atoms with Gasteiger partial charge in [0, 0.05) is 25.4 Å². The van der Waals surface area contributed by atoms with Gasteiger partial charge in [0.25, 0.3) is 0 Å². The monoisotopic (exact) mass is 339 g/mol. The highest BCUT2D eigenvalue weighted by atomic mass is 32.2. The van der Waals surface area contributed by atoms with E-state index in [1.807, 2.05) is 19.2 Å². The number of methoxy groups -OCH3 is 2. The number of hydrogen-bond acceptors (Lipinski definition) is 5. The molecule has 126 valence electrons. The van der Waals surface area contributed by atoms with Crippen LogP contribution in [0.2, 0.25) is 0 Å². The number of nitrogens with zero attached hydrogens (tertiary/aromatic N) is 2. The molecule has 0 unspecified atom stereocenters. The van der Waals surface area contributed by atoms with Crippen molar-refractivity contribution in [1.29, 1.82) is 0 Å². The summed E-state index contributed by atoms with van der Waals surface area (Å²) in [5, 5.41) is 4.25. The van der Waals surface area contributed by atoms with Gasteiger partial charge in [0.05, 0.1) is 19.9 Å². The van der Waals surface area contributed by atoms with E-state index in [9.17, 15) is 8.42 Å². The van der Waals surface area contributed by atoms with Gasteiger partial charge in [0.1, 0.15) is 16.4 Å². The van der Waals surface area contributed by atoms with Gasteiger partial charge in [-0.25, -0.2) is 13.1 Å². The largest absolute Gasteiger partial charge is 0.497 e. The molecule has 0 aliphatic rings. The number of aryl methyl sites for hydroxylation is 2. The summed E-state index contributed by atoms with van der Waals surface area (Å²) in [5.41, 5.74) is 0.938. The molecule has 0 saturated heterocycles. The van der Waals surface area contributed by atoms with Crippen LogP contribution in [0.3, 0.4) is 0 Å². The minimum Gasteiger partial charge on any atom is -0.497 e. The van der Waals surface area contributed by atoms with E-state index in [1.54, 1.807) is 16.8 Å². The van der Waals surface area contributed by atoms with Gasteiger partial charge in [-0.05, 0) is 31.5 Å². The lowest BCUT2D eigenvalue weighted by Crippen LogP contribution is -2.26. The molecule has 0 amide bonds. The van der Waals surface area contributed by atoms with E-state index in [0.717, 1.165) is 5.69 Å². The standard InChI is InChI=1S/C15H21N3O4S/c1-12-7-10-18(17-12)9-4-8-16-23(19,20)15-6-5-13(21-2)11-14(15)22-3/h5-7,10-11,16H,4,8-9H2,1-3H3. The summed E-state index contributed by atoms with van der Waals surface area (Å²) in [4.78, 5) is 0.0933. The highest BCUT2D eigenvalue weighted by Gasteiger charge is 2.19. The average Bonchev–Trinajstić information content (AvgIpc) is 2.96. The Morgan fingerprint density at radius 2 is 2.00 bits per heavy atom. The van der Waals surface area contributed by atoms with Crippen LogP contribution in [-0.2, 0) is 16.6 Å². The van der Waals surface area contributed by atoms with Gasteiger partial charge >= 0.3 is 0 Å². The average molecular weight is 339 g/mol. The third kappa shape index (κ3) is 4.46. The summed E-state index contributed by atoms with van der Waals surface area (Å²) in [6.07, 6.45) is 2.51. The van der Waals surface area contributed by atoms with Gasteiger partial charge in [0.2, 0.25) is 10.0 Å². The topological polar surface area (TPSA) is 82.5 Å². The molecule has 1 N–H and O–H groups in total. The van der Waals surface area contributed by atoms with Gasteiger partial charge in [0.15, 0.2) is 0 Å². The molecule has 7 nitrogen and oxygen atoms in total. The number of ether oxygens (including phenoxy) is 2. The number of sulfonamides is 1. The van der Waals surface area contributed by atoms with E-state index in [1.165, 1.54) is 20.3 Å². The van der Waals surface area contributed by atoms with Crippen LogP contribution >= 0.6 is 0 Å². The molecule has 2 rings (SSSR count). The van der Waals surface area contributed by atoms with E-state index >= 15 is 0 Å². The van der Waals surface area contributed by atoms with E-state index < -0.39 is 10.0 Å². The minimum absolute atomic E-state index is 0.0933. The van der Waals surface area contributed by atoms with Crippen LogP contribution in [0.5, 0.6) is 11.5 Å². The number of rotatable bonds is 8. The van der Waals surface area contributed by atoms with Crippen molar-refractivity contribution in [3.63, 3.8) is 0 Å². The van der Waals surface area contributed by atoms with Crippen molar-refractivity contribution in [2.24, 2.45) is 0 Å². The second kappa shape index (κ2) is 7.47. The van der Waals surface area contributed by atoms with Crippen LogP contribution in [0.15, 0.2) is 35.4 Å². The lowest BCUT2D eigenvalue weighted by atomic mass is 10.3. The highest BCUT2D eigenvalue weighted by Crippen LogP contribution is 2.28. The van der Waals surface area contributed by atoms with Crippen LogP contribution in [-0.4, -0.2) is 39.0 Å². The fourth-order valence-corrected chi connectivity index (χ4v) is 3.33. The number of nitrogens with one attached hydrogen (secondary N) is 1. The van der Waals surface area contributed by atoms with Crippen LogP contribution in [0.4, 0.5) is 0 Å². The van der Waals surface area contributed by atoms with Crippen molar-refractivity contribution in [2.75, 3.05) is 20.8 Å². The van der Waals surface area contributed by atoms with E-state index in [2.05, 4.69) is 9.82 Å². The molecule has 2 aromatic rings. The molecule has 0 spiro atoms. The van der Waals surface area contributed by atoms with Crippen molar-refractivity contribution < 1.29 is 17.9 Å². The molecule has 23 heavy (non-hydrogen) atoms. The van der Waals surface area contributed by atoms with Gasteiger partial charge < -0.3 is 9.47 Å². The third-order valence-electron chi connectivity index (χ3n) is 3.29. The van der Waals surface area contributed by atoms with Crippen molar-refractivity contribution in [3.05, 3.63) is 36.2 Å². The fourth-order valence-electron chi connectivity index (χ4n) is 2.11. The first kappa shape index (κ1) is 17.3. The Bertz CT molecular complexity index is 756. The zero-order chi connectivity index (χ0) is 16.9. The molecule has 0 atom stereocenters. The van der Waals surface area contributed by atoms with Gasteiger partial charge in [-0.15, -0.1) is 0 Å². The summed E-state index contributed by atoms with van der Waals surface area (Å²) in [6, 6.07) is 6.51. The van der Waals surface area contributed by atoms with Crippen molar-refractivity contribution in [1.82, 2.24) is 14.5 Å². The second-order valence-corrected chi connectivity index (χ2v) is 6.72. The maximum atomic E-state index is 12.4. The Labute approximate surface area is 136 Å². The summed E-state index contributed by atoms with van der Waals surface area (Å²) in [7, 11) is -0.701. The minimum atomic E-state index is -3.64. The zero-order valence-corrected chi connectivity index (χ0v) is 14.3. The molecule has 1 aromatic carbocycles. The van der Waals surface area contributed by atoms with Gasteiger partial charge in [-0.2, -0.15) is 5.10 Å². The van der Waals surface area contributed by atoms with E-state index in [4.69, 9.17) is 9.47 Å². The summed E-state index contributed by atoms with van der Waals surface area (Å²) in [5.74, 6) is 0.786. The quantitative estimate of drug-likeness (QED) is 0.738. The van der Waals surface area contributed by atoms with Crippen LogP contribution in [0, 0.1) is 6.92 Å². The summed E-state index contributed by atoms with van der Waals surface area (Å²) >= 11 is 0. The van der Waals surface area contributed by atoms with Crippen molar-refractivity contribution >= 4 is 10.0 Å². The van der Waals surface area contributed by atoms with E-state index in [0.29, 0.717) is 25.3 Å². The highest BCUT2D eigenvalue weighted by molar-refractivity contribution is 7.89. The maximum Gasteiger partial charge on any atom is 0.244 e. The Balaban J connectivity index is 1.98. The molecule has 0 saturated carbocycles. The number of hydrogen-bond donors (Lipinski definition) is 1. The SMILES string of the molecule is COc1ccc(S(=O)(=O)NCCCn2ccc(C)n2)c(OC)c1. The van der Waals surface area contributed by atoms with Crippen LogP contribution in [0.25, 0.3) is 0 Å². The first-order valence-electron chi connectivity index (χ1n) is 7.18. The lowest BCUT2D eigenvalue weighted by Gasteiger charge is -2.12. The van der Waals surface area contributed by atoms with Crippen LogP contribution < -0.4 is 14.2 Å². The molecular weight excluding hydrogens is 318 g/mol. The smallest absolute Gasteiger partial charge is 0.244 e. The van der Waals surface area contributed by atoms with E-state index in [-0.39, 0.29) is 10.6 Å². The zero-order valence-electron chi connectivity index (χ0n) is 13.4. The molecule has 0 aliphatic carbocycles. The molecule has 1 aromatic heterocycles. The lowest BCUT2D eigenvalue weighted by molar-refractivity contribution is 0.386. The molecule has 8 heteroatoms. The van der Waals surface area contributed by atoms with Crippen molar-refractivity contribution in [2.45, 2.75) is 24.8 Å². The first-order chi connectivity index (χ1) is 11.0. The number of benzene rings is 1. The predicted molar refractivity (Wildman–Crippen MR) is 86.3 cm³/mol. The van der Waals surface area contributed by atoms with Crippen molar-refractivity contribution in [3.8, 4) is 11.5 Å². The second-order valence-electron chi connectivity index (χ2n) is 4.99. The van der Waals surface area contributed by atoms with Crippen LogP contribution in [0.1, 0.15) is 12.1 Å². The molecular formula is C15H21N3O4S. The number of aromatic nitrogens is 2. The fraction of sp³-hybridized carbons (Fsp3) is 0.400. The molecule has 1 heterocycles. The van der Waals surface area contributed by atoms with Gasteiger partial charge in [-0.1, -0.05) is 0 Å². The molecule has 0 radical (unpaired) electrons. The Hall–Kier alpha value is -2.06. The Kier molecular flexibility index (Phi) is 5.62. The normalized spacial score (nSPS) is 11.4. The molecule has 0 aliphatic heterocycles. The molecule has 0 bridgehead atoms. The van der Waals surface area contributed by atoms with Gasteiger partial charge in [-0.3, -0.25) is 4.68 Å². The Morgan fingerprint density at radius 1 is 1.22 bits per heavy atom.